The molecule has 4 aromatic rings. The van der Waals surface area contributed by atoms with Gasteiger partial charge in [0, 0.05) is 36.8 Å². The van der Waals surface area contributed by atoms with Crippen LogP contribution in [0.4, 0.5) is 23.4 Å². The number of halogens is 5. The molecular weight excluding hydrogens is 622 g/mol. The molecule has 4 aliphatic heterocycles. The number of anilines is 1. The highest BCUT2D eigenvalue weighted by molar-refractivity contribution is 6.37. The van der Waals surface area contributed by atoms with Crippen molar-refractivity contribution in [2.24, 2.45) is 0 Å². The SMILES string of the molecule is C=CC(=O)N1CCC2[C@H]1CN2c1nc(OCC23CCCN2C[C@H](F)C3)nc2c(F)c(-c3cccc4ccc(F)c(Cl)c34)c(F)cc12. The van der Waals surface area contributed by atoms with E-state index in [1.54, 1.807) is 17.0 Å². The molecule has 238 valence electrons. The number of carbonyl (C=O) groups excluding carboxylic acids is 1. The number of benzene rings is 3. The Labute approximate surface area is 267 Å². The molecule has 46 heavy (non-hydrogen) atoms. The Morgan fingerprint density at radius 1 is 1.11 bits per heavy atom. The summed E-state index contributed by atoms with van der Waals surface area (Å²) in [5, 5.41) is 0.595. The van der Waals surface area contributed by atoms with Crippen LogP contribution in [0.15, 0.2) is 49.1 Å². The number of rotatable bonds is 6. The molecule has 1 amide bonds. The fourth-order valence-electron chi connectivity index (χ4n) is 8.11. The normalized spacial score (nSPS) is 25.6. The van der Waals surface area contributed by atoms with E-state index in [4.69, 9.17) is 16.3 Å². The van der Waals surface area contributed by atoms with Gasteiger partial charge in [-0.25, -0.2) is 17.6 Å². The monoisotopic (exact) mass is 651 g/mol. The van der Waals surface area contributed by atoms with Crippen LogP contribution in [-0.4, -0.2) is 82.3 Å². The molecule has 4 atom stereocenters. The number of ether oxygens (including phenoxy) is 1. The van der Waals surface area contributed by atoms with Gasteiger partial charge in [-0.05, 0) is 55.0 Å². The van der Waals surface area contributed by atoms with Crippen molar-refractivity contribution in [3.8, 4) is 17.1 Å². The van der Waals surface area contributed by atoms with Crippen molar-refractivity contribution >= 4 is 45.0 Å². The van der Waals surface area contributed by atoms with Crippen LogP contribution >= 0.6 is 11.6 Å². The van der Waals surface area contributed by atoms with Crippen LogP contribution in [-0.2, 0) is 4.79 Å². The van der Waals surface area contributed by atoms with Crippen molar-refractivity contribution in [3.63, 3.8) is 0 Å². The first-order valence-electron chi connectivity index (χ1n) is 15.5. The lowest BCUT2D eigenvalue weighted by Gasteiger charge is -2.47. The van der Waals surface area contributed by atoms with Crippen molar-refractivity contribution in [1.29, 1.82) is 0 Å². The molecule has 4 fully saturated rings. The molecule has 12 heteroatoms. The summed E-state index contributed by atoms with van der Waals surface area (Å²) in [4.78, 5) is 27.3. The van der Waals surface area contributed by atoms with E-state index in [0.717, 1.165) is 19.4 Å². The molecule has 0 spiro atoms. The second-order valence-electron chi connectivity index (χ2n) is 12.7. The van der Waals surface area contributed by atoms with Crippen molar-refractivity contribution < 1.29 is 27.1 Å². The molecule has 0 saturated carbocycles. The van der Waals surface area contributed by atoms with Gasteiger partial charge < -0.3 is 14.5 Å². The van der Waals surface area contributed by atoms with E-state index in [2.05, 4.69) is 21.4 Å². The zero-order valence-corrected chi connectivity index (χ0v) is 25.5. The summed E-state index contributed by atoms with van der Waals surface area (Å²) in [6.45, 7) is 5.77. The van der Waals surface area contributed by atoms with Crippen LogP contribution in [0, 0.1) is 17.5 Å². The molecule has 3 aromatic carbocycles. The van der Waals surface area contributed by atoms with Gasteiger partial charge in [-0.15, -0.1) is 0 Å². The molecule has 0 bridgehead atoms. The molecule has 8 rings (SSSR count). The van der Waals surface area contributed by atoms with Crippen LogP contribution in [0.25, 0.3) is 32.8 Å². The van der Waals surface area contributed by atoms with Crippen LogP contribution in [0.3, 0.4) is 0 Å². The largest absolute Gasteiger partial charge is 0.461 e. The molecule has 2 unspecified atom stereocenters. The number of nitrogens with zero attached hydrogens (tertiary/aromatic N) is 5. The highest BCUT2D eigenvalue weighted by Crippen LogP contribution is 2.45. The smallest absolute Gasteiger partial charge is 0.319 e. The zero-order chi connectivity index (χ0) is 31.9. The van der Waals surface area contributed by atoms with Gasteiger partial charge in [-0.1, -0.05) is 42.4 Å². The lowest BCUT2D eigenvalue weighted by molar-refractivity contribution is -0.127. The highest BCUT2D eigenvalue weighted by atomic mass is 35.5. The standard InChI is InChI=1S/C34H30ClF4N5O2/c1-2-26(45)43-12-9-24-25(43)16-44(24)32-21-13-23(38)28(20-6-3-5-18-7-8-22(37)29(35)27(18)20)30(39)31(21)40-33(41-32)46-17-34-10-4-11-42(34)15-19(36)14-34/h2-3,5-8,13,19,24-25H,1,4,9-12,14-17H2/t19-,24?,25-,34?/m1/s1. The maximum Gasteiger partial charge on any atom is 0.319 e. The lowest BCUT2D eigenvalue weighted by Crippen LogP contribution is -2.63. The van der Waals surface area contributed by atoms with E-state index in [9.17, 15) is 13.6 Å². The number of carbonyl (C=O) groups is 1. The summed E-state index contributed by atoms with van der Waals surface area (Å²) in [5.41, 5.74) is -0.979. The molecule has 0 N–H and O–H groups in total. The van der Waals surface area contributed by atoms with Gasteiger partial charge in [0.25, 0.3) is 0 Å². The predicted octanol–water partition coefficient (Wildman–Crippen LogP) is 6.45. The van der Waals surface area contributed by atoms with Gasteiger partial charge >= 0.3 is 6.01 Å². The fraction of sp³-hybridized carbons (Fsp3) is 0.382. The maximum absolute atomic E-state index is 16.7. The quantitative estimate of drug-likeness (QED) is 0.176. The first-order chi connectivity index (χ1) is 22.2. The number of hydrogen-bond donors (Lipinski definition) is 0. The van der Waals surface area contributed by atoms with Crippen LogP contribution < -0.4 is 9.64 Å². The summed E-state index contributed by atoms with van der Waals surface area (Å²) in [6, 6.07) is 8.38. The van der Waals surface area contributed by atoms with E-state index >= 15 is 8.78 Å². The summed E-state index contributed by atoms with van der Waals surface area (Å²) in [5.74, 6) is -2.44. The highest BCUT2D eigenvalue weighted by Gasteiger charge is 2.51. The maximum atomic E-state index is 16.7. The summed E-state index contributed by atoms with van der Waals surface area (Å²) >= 11 is 6.34. The zero-order valence-electron chi connectivity index (χ0n) is 24.8. The fourth-order valence-corrected chi connectivity index (χ4v) is 8.38. The van der Waals surface area contributed by atoms with E-state index in [1.807, 2.05) is 4.90 Å². The Kier molecular flexibility index (Phi) is 6.91. The second-order valence-corrected chi connectivity index (χ2v) is 13.1. The van der Waals surface area contributed by atoms with Gasteiger partial charge in [0.2, 0.25) is 5.91 Å². The van der Waals surface area contributed by atoms with Crippen molar-refractivity contribution in [1.82, 2.24) is 19.8 Å². The Morgan fingerprint density at radius 3 is 2.78 bits per heavy atom. The van der Waals surface area contributed by atoms with Crippen LogP contribution in [0.1, 0.15) is 25.7 Å². The van der Waals surface area contributed by atoms with Crippen LogP contribution in [0.5, 0.6) is 6.01 Å². The van der Waals surface area contributed by atoms with Gasteiger partial charge in [0.15, 0.2) is 5.82 Å². The Balaban J connectivity index is 1.26. The molecule has 7 nitrogen and oxygen atoms in total. The Bertz CT molecular complexity index is 1940. The summed E-state index contributed by atoms with van der Waals surface area (Å²) in [6.07, 6.45) is 2.98. The number of alkyl halides is 1. The average molecular weight is 652 g/mol. The van der Waals surface area contributed by atoms with Gasteiger partial charge in [0.05, 0.1) is 28.2 Å². The predicted molar refractivity (Wildman–Crippen MR) is 167 cm³/mol. The van der Waals surface area contributed by atoms with E-state index in [-0.39, 0.29) is 63.3 Å². The van der Waals surface area contributed by atoms with Crippen molar-refractivity contribution in [2.45, 2.75) is 49.5 Å². The topological polar surface area (TPSA) is 61.8 Å². The number of amides is 1. The number of aromatic nitrogens is 2. The third-order valence-electron chi connectivity index (χ3n) is 10.3. The minimum atomic E-state index is -0.964. The molecule has 4 aliphatic rings. The Hall–Kier alpha value is -3.96. The van der Waals surface area contributed by atoms with Gasteiger partial charge in [0.1, 0.15) is 35.7 Å². The first-order valence-corrected chi connectivity index (χ1v) is 15.9. The summed E-state index contributed by atoms with van der Waals surface area (Å²) < 4.78 is 68.1. The van der Waals surface area contributed by atoms with Gasteiger partial charge in [-0.3, -0.25) is 9.69 Å². The second kappa shape index (κ2) is 10.8. The number of likely N-dealkylation sites (tertiary alicyclic amines) is 1. The van der Waals surface area contributed by atoms with Crippen molar-refractivity contribution in [2.75, 3.05) is 37.7 Å². The van der Waals surface area contributed by atoms with Crippen molar-refractivity contribution in [3.05, 3.63) is 71.5 Å². The van der Waals surface area contributed by atoms with Gasteiger partial charge in [-0.2, -0.15) is 9.97 Å². The first kappa shape index (κ1) is 29.4. The minimum Gasteiger partial charge on any atom is -0.461 e. The third-order valence-corrected chi connectivity index (χ3v) is 10.7. The molecule has 0 radical (unpaired) electrons. The van der Waals surface area contributed by atoms with E-state index in [0.29, 0.717) is 37.9 Å². The third kappa shape index (κ3) is 4.38. The molecule has 5 heterocycles. The van der Waals surface area contributed by atoms with E-state index in [1.165, 1.54) is 30.3 Å². The number of hydrogen-bond acceptors (Lipinski definition) is 6. The molecule has 0 aliphatic carbocycles. The molecule has 4 saturated heterocycles. The Morgan fingerprint density at radius 2 is 1.96 bits per heavy atom. The molecule has 1 aromatic heterocycles. The van der Waals surface area contributed by atoms with Crippen LogP contribution in [0.2, 0.25) is 5.02 Å². The number of fused-ring (bicyclic) bond motifs is 4. The summed E-state index contributed by atoms with van der Waals surface area (Å²) in [7, 11) is 0. The molecular formula is C34H30ClF4N5O2. The minimum absolute atomic E-state index is 0.0837. The lowest BCUT2D eigenvalue weighted by atomic mass is 9.94. The van der Waals surface area contributed by atoms with E-state index < -0.39 is 34.7 Å². The average Bonchev–Trinajstić information content (AvgIpc) is 3.67.